The van der Waals surface area contributed by atoms with E-state index in [1.54, 1.807) is 0 Å². The smallest absolute Gasteiger partial charge is 0.140 e. The molecule has 5 heterocycles. The predicted molar refractivity (Wildman–Crippen MR) is 174 cm³/mol. The lowest BCUT2D eigenvalue weighted by Gasteiger charge is -2.29. The van der Waals surface area contributed by atoms with Gasteiger partial charge in [0.05, 0.1) is 35.5 Å². The summed E-state index contributed by atoms with van der Waals surface area (Å²) < 4.78 is 5.54. The number of anilines is 5. The van der Waals surface area contributed by atoms with Crippen molar-refractivity contribution in [2.24, 2.45) is 0 Å². The van der Waals surface area contributed by atoms with Gasteiger partial charge in [0.15, 0.2) is 0 Å². The topological polar surface area (TPSA) is 95.1 Å². The van der Waals surface area contributed by atoms with Gasteiger partial charge in [0, 0.05) is 71.9 Å². The fourth-order valence-corrected chi connectivity index (χ4v) is 5.57. The zero-order valence-electron chi connectivity index (χ0n) is 24.6. The van der Waals surface area contributed by atoms with Crippen molar-refractivity contribution in [1.29, 1.82) is 0 Å². The number of morpholine rings is 1. The molecule has 9 nitrogen and oxygen atoms in total. The van der Waals surface area contributed by atoms with Crippen molar-refractivity contribution in [3.05, 3.63) is 90.5 Å². The van der Waals surface area contributed by atoms with Gasteiger partial charge >= 0.3 is 0 Å². The molecule has 4 aromatic heterocycles. The van der Waals surface area contributed by atoms with Gasteiger partial charge in [-0.2, -0.15) is 0 Å². The number of hydrogen-bond acceptors (Lipinski definition) is 8. The van der Waals surface area contributed by atoms with Crippen LogP contribution < -0.4 is 15.1 Å². The Morgan fingerprint density at radius 3 is 2.56 bits per heavy atom. The Morgan fingerprint density at radius 1 is 0.907 bits per heavy atom. The minimum Gasteiger partial charge on any atom is -0.378 e. The van der Waals surface area contributed by atoms with E-state index in [9.17, 15) is 0 Å². The molecular formula is C34H34N8O. The summed E-state index contributed by atoms with van der Waals surface area (Å²) in [7, 11) is 2.07. The lowest BCUT2D eigenvalue weighted by Crippen LogP contribution is -2.36. The minimum absolute atomic E-state index is 0.750. The van der Waals surface area contributed by atoms with Crippen LogP contribution in [0.3, 0.4) is 0 Å². The Kier molecular flexibility index (Phi) is 7.08. The first-order chi connectivity index (χ1) is 21.0. The number of hydrogen-bond donors (Lipinski definition) is 2. The third-order valence-electron chi connectivity index (χ3n) is 8.00. The summed E-state index contributed by atoms with van der Waals surface area (Å²) in [5.41, 5.74) is 10.1. The van der Waals surface area contributed by atoms with Crippen molar-refractivity contribution in [2.45, 2.75) is 20.3 Å². The van der Waals surface area contributed by atoms with Gasteiger partial charge in [-0.05, 0) is 80.1 Å². The average Bonchev–Trinajstić information content (AvgIpc) is 3.48. The number of imidazole rings is 1. The maximum atomic E-state index is 5.54. The first kappa shape index (κ1) is 26.9. The molecule has 2 N–H and O–H groups in total. The molecule has 0 saturated carbocycles. The summed E-state index contributed by atoms with van der Waals surface area (Å²) in [4.78, 5) is 26.8. The van der Waals surface area contributed by atoms with E-state index in [0.29, 0.717) is 0 Å². The number of nitrogens with one attached hydrogen (secondary N) is 2. The molecule has 0 spiro atoms. The van der Waals surface area contributed by atoms with Gasteiger partial charge in [-0.3, -0.25) is 9.97 Å². The van der Waals surface area contributed by atoms with Crippen molar-refractivity contribution in [3.8, 4) is 11.4 Å². The number of benzene rings is 2. The van der Waals surface area contributed by atoms with Crippen molar-refractivity contribution in [2.75, 3.05) is 48.5 Å². The van der Waals surface area contributed by atoms with E-state index >= 15 is 0 Å². The number of rotatable bonds is 7. The lowest BCUT2D eigenvalue weighted by atomic mass is 10.1. The number of fused-ring (bicyclic) bond motifs is 2. The Balaban J connectivity index is 1.13. The Bertz CT molecular complexity index is 1910. The van der Waals surface area contributed by atoms with Crippen LogP contribution in [0, 0.1) is 6.92 Å². The number of aromatic nitrogens is 5. The van der Waals surface area contributed by atoms with Gasteiger partial charge in [-0.25, -0.2) is 9.97 Å². The molecule has 2 aromatic carbocycles. The normalized spacial score (nSPS) is 13.5. The molecule has 0 radical (unpaired) electrons. The highest BCUT2D eigenvalue weighted by atomic mass is 16.5. The van der Waals surface area contributed by atoms with Gasteiger partial charge < -0.3 is 24.8 Å². The molecule has 43 heavy (non-hydrogen) atoms. The molecule has 6 aromatic rings. The highest BCUT2D eigenvalue weighted by molar-refractivity contribution is 5.95. The lowest BCUT2D eigenvalue weighted by molar-refractivity contribution is 0.122. The molecule has 0 bridgehead atoms. The number of pyridine rings is 3. The van der Waals surface area contributed by atoms with Crippen LogP contribution in [-0.4, -0.2) is 58.3 Å². The van der Waals surface area contributed by atoms with E-state index in [0.717, 1.165) is 100 Å². The van der Waals surface area contributed by atoms with Crippen LogP contribution in [0.4, 0.5) is 28.6 Å². The third-order valence-corrected chi connectivity index (χ3v) is 8.00. The molecule has 9 heteroatoms. The summed E-state index contributed by atoms with van der Waals surface area (Å²) in [5, 5.41) is 4.60. The quantitative estimate of drug-likeness (QED) is 0.217. The van der Waals surface area contributed by atoms with Gasteiger partial charge in [-0.1, -0.05) is 6.92 Å². The van der Waals surface area contributed by atoms with Crippen LogP contribution in [0.1, 0.15) is 18.3 Å². The first-order valence-corrected chi connectivity index (χ1v) is 14.7. The Labute approximate surface area is 250 Å². The van der Waals surface area contributed by atoms with Crippen LogP contribution in [-0.2, 0) is 11.2 Å². The van der Waals surface area contributed by atoms with Crippen LogP contribution in [0.5, 0.6) is 0 Å². The summed E-state index contributed by atoms with van der Waals surface area (Å²) in [5.74, 6) is 1.54. The van der Waals surface area contributed by atoms with Gasteiger partial charge in [0.2, 0.25) is 0 Å². The highest BCUT2D eigenvalue weighted by Gasteiger charge is 2.14. The maximum Gasteiger partial charge on any atom is 0.140 e. The molecule has 216 valence electrons. The largest absolute Gasteiger partial charge is 0.378 e. The SMILES string of the molecule is CCc1cc(N(C)c2ccc3nc(-c4ccc(Nc5cc(C)nc6ccc(N7CCOCC7)cc56)nc4)[nH]c3c2)ccn1. The molecule has 0 aliphatic carbocycles. The molecule has 1 aliphatic rings. The summed E-state index contributed by atoms with van der Waals surface area (Å²) in [6.45, 7) is 7.41. The molecule has 1 saturated heterocycles. The van der Waals surface area contributed by atoms with E-state index in [2.05, 4.69) is 87.6 Å². The fourth-order valence-electron chi connectivity index (χ4n) is 5.57. The van der Waals surface area contributed by atoms with Gasteiger partial charge in [-0.15, -0.1) is 0 Å². The Morgan fingerprint density at radius 2 is 1.74 bits per heavy atom. The summed E-state index contributed by atoms with van der Waals surface area (Å²) in [6.07, 6.45) is 4.62. The molecular weight excluding hydrogens is 536 g/mol. The first-order valence-electron chi connectivity index (χ1n) is 14.7. The fraction of sp³-hybridized carbons (Fsp3) is 0.235. The number of aromatic amines is 1. The van der Waals surface area contributed by atoms with Crippen molar-refractivity contribution in [1.82, 2.24) is 24.9 Å². The van der Waals surface area contributed by atoms with Crippen molar-refractivity contribution >= 4 is 50.5 Å². The number of aryl methyl sites for hydroxylation is 2. The summed E-state index contributed by atoms with van der Waals surface area (Å²) in [6, 6.07) is 23.0. The van der Waals surface area contributed by atoms with Crippen molar-refractivity contribution in [3.63, 3.8) is 0 Å². The zero-order valence-corrected chi connectivity index (χ0v) is 24.6. The van der Waals surface area contributed by atoms with Crippen LogP contribution >= 0.6 is 0 Å². The average molecular weight is 571 g/mol. The number of H-pyrrole nitrogens is 1. The zero-order chi connectivity index (χ0) is 29.3. The molecule has 0 amide bonds. The monoisotopic (exact) mass is 570 g/mol. The predicted octanol–water partition coefficient (Wildman–Crippen LogP) is 6.79. The van der Waals surface area contributed by atoms with Gasteiger partial charge in [0.1, 0.15) is 11.6 Å². The second-order valence-corrected chi connectivity index (χ2v) is 10.9. The van der Waals surface area contributed by atoms with E-state index in [1.165, 1.54) is 5.69 Å². The standard InChI is InChI=1S/C34H34N8O/c1-4-24-18-26(11-12-35-24)41(3)25-6-9-30-32(20-25)40-34(39-30)23-5-10-33(36-21-23)38-31-17-22(2)37-29-8-7-27(19-28(29)31)42-13-15-43-16-14-42/h5-12,17-21H,4,13-16H2,1-3H3,(H,39,40)(H,36,37,38). The maximum absolute atomic E-state index is 5.54. The molecule has 1 aliphatic heterocycles. The number of ether oxygens (including phenoxy) is 1. The minimum atomic E-state index is 0.750. The van der Waals surface area contributed by atoms with Crippen molar-refractivity contribution < 1.29 is 4.74 Å². The van der Waals surface area contributed by atoms with Crippen LogP contribution in [0.25, 0.3) is 33.3 Å². The second-order valence-electron chi connectivity index (χ2n) is 10.9. The Hall–Kier alpha value is -5.02. The molecule has 0 unspecified atom stereocenters. The van der Waals surface area contributed by atoms with E-state index < -0.39 is 0 Å². The van der Waals surface area contributed by atoms with Crippen LogP contribution in [0.2, 0.25) is 0 Å². The highest BCUT2D eigenvalue weighted by Crippen LogP contribution is 2.32. The van der Waals surface area contributed by atoms with E-state index in [1.807, 2.05) is 37.5 Å². The van der Waals surface area contributed by atoms with Crippen LogP contribution in [0.15, 0.2) is 79.1 Å². The number of nitrogens with zero attached hydrogens (tertiary/aromatic N) is 6. The van der Waals surface area contributed by atoms with Gasteiger partial charge in [0.25, 0.3) is 0 Å². The third kappa shape index (κ3) is 5.47. The molecule has 0 atom stereocenters. The van der Waals surface area contributed by atoms with E-state index in [-0.39, 0.29) is 0 Å². The second kappa shape index (κ2) is 11.3. The van der Waals surface area contributed by atoms with E-state index in [4.69, 9.17) is 19.7 Å². The molecule has 1 fully saturated rings. The summed E-state index contributed by atoms with van der Waals surface area (Å²) >= 11 is 0. The molecule has 7 rings (SSSR count).